The van der Waals surface area contributed by atoms with Crippen LogP contribution in [0.1, 0.15) is 6.23 Å². The maximum Gasteiger partial charge on any atom is 0.180 e. The van der Waals surface area contributed by atoms with Gasteiger partial charge in [-0.2, -0.15) is 0 Å². The molecule has 2 heterocycles. The van der Waals surface area contributed by atoms with Gasteiger partial charge >= 0.3 is 0 Å². The lowest BCUT2D eigenvalue weighted by atomic mass is 10.0. The van der Waals surface area contributed by atoms with Gasteiger partial charge < -0.3 is 20.1 Å². The summed E-state index contributed by atoms with van der Waals surface area (Å²) in [4.78, 5) is 0. The van der Waals surface area contributed by atoms with E-state index in [1.807, 2.05) is 0 Å². The number of aliphatic hydroxyl groups excluding tert-OH is 3. The van der Waals surface area contributed by atoms with Gasteiger partial charge in [0.05, 0.1) is 12.8 Å². The summed E-state index contributed by atoms with van der Waals surface area (Å²) < 4.78 is 6.41. The van der Waals surface area contributed by atoms with Gasteiger partial charge in [0, 0.05) is 6.20 Å². The lowest BCUT2D eigenvalue weighted by Gasteiger charge is -2.34. The molecule has 0 aromatic carbocycles. The standard InChI is InChI=1S/C7H11N3O4/c11-4-3-14-7(6(13)5(4)12)10-2-1-8-9-10/h1-2,4-7,11-13H,3H2/t4-,5+,6-,7+/m1/s1. The maximum absolute atomic E-state index is 9.56. The van der Waals surface area contributed by atoms with Crippen LogP contribution in [0.3, 0.4) is 0 Å². The van der Waals surface area contributed by atoms with E-state index in [4.69, 9.17) is 4.74 Å². The minimum absolute atomic E-state index is 0.0389. The van der Waals surface area contributed by atoms with Gasteiger partial charge in [0.2, 0.25) is 0 Å². The van der Waals surface area contributed by atoms with Gasteiger partial charge in [0.1, 0.15) is 18.3 Å². The Morgan fingerprint density at radius 1 is 1.29 bits per heavy atom. The summed E-state index contributed by atoms with van der Waals surface area (Å²) in [7, 11) is 0. The highest BCUT2D eigenvalue weighted by molar-refractivity contribution is 4.85. The van der Waals surface area contributed by atoms with Crippen molar-refractivity contribution >= 4 is 0 Å². The van der Waals surface area contributed by atoms with E-state index in [0.29, 0.717) is 0 Å². The van der Waals surface area contributed by atoms with Gasteiger partial charge in [-0.1, -0.05) is 5.21 Å². The molecule has 1 aromatic rings. The van der Waals surface area contributed by atoms with E-state index >= 15 is 0 Å². The number of rotatable bonds is 1. The third-order valence-electron chi connectivity index (χ3n) is 2.18. The number of aromatic nitrogens is 3. The van der Waals surface area contributed by atoms with Crippen LogP contribution in [0, 0.1) is 0 Å². The van der Waals surface area contributed by atoms with Gasteiger partial charge in [0.15, 0.2) is 6.23 Å². The summed E-state index contributed by atoms with van der Waals surface area (Å²) in [5, 5.41) is 35.3. The minimum Gasteiger partial charge on any atom is -0.388 e. The normalized spacial score (nSPS) is 38.5. The Hall–Kier alpha value is -1.02. The summed E-state index contributed by atoms with van der Waals surface area (Å²) in [6.45, 7) is -0.0389. The second-order valence-electron chi connectivity index (χ2n) is 3.16. The molecule has 1 aliphatic rings. The van der Waals surface area contributed by atoms with Gasteiger partial charge in [-0.05, 0) is 0 Å². The monoisotopic (exact) mass is 201 g/mol. The highest BCUT2D eigenvalue weighted by Crippen LogP contribution is 2.22. The van der Waals surface area contributed by atoms with Crippen LogP contribution in [0.2, 0.25) is 0 Å². The zero-order valence-corrected chi connectivity index (χ0v) is 7.26. The molecule has 0 amide bonds. The van der Waals surface area contributed by atoms with E-state index < -0.39 is 24.5 Å². The average Bonchev–Trinajstić information content (AvgIpc) is 2.67. The first-order chi connectivity index (χ1) is 6.70. The molecule has 1 fully saturated rings. The fraction of sp³-hybridized carbons (Fsp3) is 0.714. The first-order valence-electron chi connectivity index (χ1n) is 4.22. The number of nitrogens with zero attached hydrogens (tertiary/aromatic N) is 3. The van der Waals surface area contributed by atoms with Crippen LogP contribution in [-0.2, 0) is 4.74 Å². The van der Waals surface area contributed by atoms with E-state index in [1.54, 1.807) is 0 Å². The van der Waals surface area contributed by atoms with Crippen molar-refractivity contribution in [2.24, 2.45) is 0 Å². The van der Waals surface area contributed by atoms with Crippen LogP contribution >= 0.6 is 0 Å². The van der Waals surface area contributed by atoms with Crippen LogP contribution < -0.4 is 0 Å². The molecule has 0 spiro atoms. The minimum atomic E-state index is -1.22. The topological polar surface area (TPSA) is 101 Å². The van der Waals surface area contributed by atoms with Crippen molar-refractivity contribution in [3.8, 4) is 0 Å². The van der Waals surface area contributed by atoms with Crippen LogP contribution in [0.4, 0.5) is 0 Å². The zero-order valence-electron chi connectivity index (χ0n) is 7.26. The maximum atomic E-state index is 9.56. The molecule has 14 heavy (non-hydrogen) atoms. The number of aliphatic hydroxyl groups is 3. The molecule has 7 heteroatoms. The number of hydrogen-bond acceptors (Lipinski definition) is 6. The molecule has 0 saturated carbocycles. The Bertz CT molecular complexity index is 291. The molecule has 1 saturated heterocycles. The van der Waals surface area contributed by atoms with E-state index in [1.165, 1.54) is 17.1 Å². The SMILES string of the molecule is O[C@@H]1[C@@H](O)[C@@H](n2ccnn2)OC[C@H]1O. The Kier molecular flexibility index (Phi) is 2.46. The van der Waals surface area contributed by atoms with Crippen molar-refractivity contribution in [3.63, 3.8) is 0 Å². The summed E-state index contributed by atoms with van der Waals surface area (Å²) in [5.74, 6) is 0. The zero-order chi connectivity index (χ0) is 10.1. The number of ether oxygens (including phenoxy) is 1. The summed E-state index contributed by atoms with van der Waals surface area (Å²) in [6.07, 6.45) is -1.34. The molecule has 0 unspecified atom stereocenters. The molecular formula is C7H11N3O4. The van der Waals surface area contributed by atoms with E-state index in [0.717, 1.165) is 0 Å². The Morgan fingerprint density at radius 3 is 2.71 bits per heavy atom. The largest absolute Gasteiger partial charge is 0.388 e. The van der Waals surface area contributed by atoms with Crippen LogP contribution in [0.15, 0.2) is 12.4 Å². The van der Waals surface area contributed by atoms with Gasteiger partial charge in [-0.3, -0.25) is 0 Å². The van der Waals surface area contributed by atoms with Crippen LogP contribution in [0.25, 0.3) is 0 Å². The van der Waals surface area contributed by atoms with Crippen molar-refractivity contribution in [3.05, 3.63) is 12.4 Å². The molecule has 4 atom stereocenters. The van der Waals surface area contributed by atoms with E-state index in [9.17, 15) is 15.3 Å². The first kappa shape index (κ1) is 9.53. The van der Waals surface area contributed by atoms with Crippen LogP contribution in [-0.4, -0.2) is 55.2 Å². The molecule has 3 N–H and O–H groups in total. The van der Waals surface area contributed by atoms with Crippen LogP contribution in [0.5, 0.6) is 0 Å². The first-order valence-corrected chi connectivity index (χ1v) is 4.22. The van der Waals surface area contributed by atoms with Crippen molar-refractivity contribution in [1.29, 1.82) is 0 Å². The van der Waals surface area contributed by atoms with Crippen molar-refractivity contribution in [2.45, 2.75) is 24.5 Å². The molecule has 7 nitrogen and oxygen atoms in total. The van der Waals surface area contributed by atoms with Gasteiger partial charge in [-0.15, -0.1) is 5.10 Å². The third-order valence-corrected chi connectivity index (χ3v) is 2.18. The quantitative estimate of drug-likeness (QED) is 0.480. The fourth-order valence-electron chi connectivity index (χ4n) is 1.38. The highest BCUT2D eigenvalue weighted by Gasteiger charge is 2.38. The van der Waals surface area contributed by atoms with Crippen molar-refractivity contribution in [1.82, 2.24) is 15.0 Å². The summed E-state index contributed by atoms with van der Waals surface area (Å²) >= 11 is 0. The van der Waals surface area contributed by atoms with Gasteiger partial charge in [-0.25, -0.2) is 4.68 Å². The fourth-order valence-corrected chi connectivity index (χ4v) is 1.38. The van der Waals surface area contributed by atoms with Crippen molar-refractivity contribution < 1.29 is 20.1 Å². The van der Waals surface area contributed by atoms with E-state index in [-0.39, 0.29) is 6.61 Å². The average molecular weight is 201 g/mol. The van der Waals surface area contributed by atoms with E-state index in [2.05, 4.69) is 10.3 Å². The lowest BCUT2D eigenvalue weighted by Crippen LogP contribution is -2.50. The molecule has 0 radical (unpaired) electrons. The summed E-state index contributed by atoms with van der Waals surface area (Å²) in [6, 6.07) is 0. The summed E-state index contributed by atoms with van der Waals surface area (Å²) in [5.41, 5.74) is 0. The molecule has 2 rings (SSSR count). The highest BCUT2D eigenvalue weighted by atomic mass is 16.5. The predicted octanol–water partition coefficient (Wildman–Crippen LogP) is -2.11. The third kappa shape index (κ3) is 1.50. The predicted molar refractivity (Wildman–Crippen MR) is 43.0 cm³/mol. The smallest absolute Gasteiger partial charge is 0.180 e. The molecule has 78 valence electrons. The second-order valence-corrected chi connectivity index (χ2v) is 3.16. The molecule has 1 aliphatic heterocycles. The molecule has 0 bridgehead atoms. The lowest BCUT2D eigenvalue weighted by molar-refractivity contribution is -0.214. The van der Waals surface area contributed by atoms with Gasteiger partial charge in [0.25, 0.3) is 0 Å². The second kappa shape index (κ2) is 3.62. The molecule has 0 aliphatic carbocycles. The molecule has 1 aromatic heterocycles. The Morgan fingerprint density at radius 2 is 2.07 bits per heavy atom. The Labute approximate surface area is 79.5 Å². The Balaban J connectivity index is 2.14. The molecular weight excluding hydrogens is 190 g/mol. The number of hydrogen-bond donors (Lipinski definition) is 3. The van der Waals surface area contributed by atoms with Crippen molar-refractivity contribution in [2.75, 3.05) is 6.61 Å².